The highest BCUT2D eigenvalue weighted by molar-refractivity contribution is 5.56. The zero-order valence-electron chi connectivity index (χ0n) is 17.7. The molecule has 0 bridgehead atoms. The largest absolute Gasteiger partial charge is 0.314 e. The summed E-state index contributed by atoms with van der Waals surface area (Å²) in [4.78, 5) is 21.2. The smallest absolute Gasteiger partial charge is 0.266 e. The third kappa shape index (κ3) is 4.57. The molecule has 0 atom stereocenters. The molecule has 0 amide bonds. The lowest BCUT2D eigenvalue weighted by Crippen LogP contribution is -2.47. The summed E-state index contributed by atoms with van der Waals surface area (Å²) in [7, 11) is 0. The van der Waals surface area contributed by atoms with Crippen LogP contribution in [0.3, 0.4) is 0 Å². The summed E-state index contributed by atoms with van der Waals surface area (Å²) >= 11 is 0. The fourth-order valence-electron chi connectivity index (χ4n) is 4.38. The number of pyridine rings is 1. The number of fused-ring (bicyclic) bond motifs is 1. The maximum absolute atomic E-state index is 12.3. The molecule has 0 aromatic carbocycles. The van der Waals surface area contributed by atoms with Gasteiger partial charge in [0.15, 0.2) is 0 Å². The monoisotopic (exact) mass is 420 g/mol. The highest BCUT2D eigenvalue weighted by Gasteiger charge is 2.21. The van der Waals surface area contributed by atoms with Gasteiger partial charge in [-0.05, 0) is 31.0 Å². The quantitative estimate of drug-likeness (QED) is 0.589. The van der Waals surface area contributed by atoms with Crippen LogP contribution < -0.4 is 5.56 Å². The minimum Gasteiger partial charge on any atom is -0.314 e. The van der Waals surface area contributed by atoms with Crippen LogP contribution in [0.25, 0.3) is 11.3 Å². The maximum Gasteiger partial charge on any atom is 0.266 e. The Kier molecular flexibility index (Phi) is 5.86. The number of hydrogen-bond acceptors (Lipinski definition) is 7. The molecule has 2 aliphatic rings. The van der Waals surface area contributed by atoms with E-state index in [4.69, 9.17) is 0 Å². The Hall–Kier alpha value is -2.91. The van der Waals surface area contributed by atoms with Crippen molar-refractivity contribution >= 4 is 0 Å². The minimum atomic E-state index is -0.0620. The first-order chi connectivity index (χ1) is 15.3. The zero-order chi connectivity index (χ0) is 21.0. The number of piperazine rings is 1. The molecule has 3 aromatic heterocycles. The number of hydrogen-bond donors (Lipinski definition) is 0. The van der Waals surface area contributed by atoms with Crippen molar-refractivity contribution in [2.45, 2.75) is 38.9 Å². The molecule has 9 nitrogen and oxygen atoms in total. The van der Waals surface area contributed by atoms with Crippen LogP contribution in [0.4, 0.5) is 0 Å². The lowest BCUT2D eigenvalue weighted by molar-refractivity contribution is 0.119. The Morgan fingerprint density at radius 2 is 1.65 bits per heavy atom. The normalized spacial score (nSPS) is 17.5. The van der Waals surface area contributed by atoms with Gasteiger partial charge < -0.3 is 4.57 Å². The van der Waals surface area contributed by atoms with E-state index in [0.29, 0.717) is 6.54 Å². The number of rotatable bonds is 6. The standard InChI is InChI=1S/C22H28N8O/c31-22-5-4-19(18-6-8-23-9-7-18)26-30(22)16-15-27-11-13-28(14-12-27)17-21-25-24-20-3-1-2-10-29(20)21/h4-9H,1-3,10-17H2. The molecule has 0 radical (unpaired) electrons. The molecule has 1 fully saturated rings. The molecule has 0 unspecified atom stereocenters. The van der Waals surface area contributed by atoms with Crippen molar-refractivity contribution in [1.82, 2.24) is 39.3 Å². The van der Waals surface area contributed by atoms with Crippen molar-refractivity contribution in [3.63, 3.8) is 0 Å². The fraction of sp³-hybridized carbons (Fsp3) is 0.500. The van der Waals surface area contributed by atoms with Crippen LogP contribution in [0, 0.1) is 0 Å². The topological polar surface area (TPSA) is 85.0 Å². The molecule has 0 aliphatic carbocycles. The van der Waals surface area contributed by atoms with Crippen molar-refractivity contribution in [2.75, 3.05) is 32.7 Å². The van der Waals surface area contributed by atoms with Gasteiger partial charge in [0.05, 0.1) is 18.8 Å². The third-order valence-electron chi connectivity index (χ3n) is 6.24. The van der Waals surface area contributed by atoms with Gasteiger partial charge >= 0.3 is 0 Å². The molecule has 9 heteroatoms. The molecular weight excluding hydrogens is 392 g/mol. The van der Waals surface area contributed by atoms with Gasteiger partial charge in [-0.2, -0.15) is 5.10 Å². The van der Waals surface area contributed by atoms with Crippen LogP contribution in [0.2, 0.25) is 0 Å². The van der Waals surface area contributed by atoms with E-state index < -0.39 is 0 Å². The van der Waals surface area contributed by atoms with E-state index >= 15 is 0 Å². The summed E-state index contributed by atoms with van der Waals surface area (Å²) in [5.41, 5.74) is 1.70. The average Bonchev–Trinajstić information content (AvgIpc) is 3.23. The highest BCUT2D eigenvalue weighted by atomic mass is 16.1. The second kappa shape index (κ2) is 9.07. The summed E-state index contributed by atoms with van der Waals surface area (Å²) in [6, 6.07) is 7.18. The number of aryl methyl sites for hydroxylation is 1. The average molecular weight is 421 g/mol. The van der Waals surface area contributed by atoms with Gasteiger partial charge in [0.25, 0.3) is 5.56 Å². The summed E-state index contributed by atoms with van der Waals surface area (Å²) < 4.78 is 3.88. The van der Waals surface area contributed by atoms with Gasteiger partial charge in [0.1, 0.15) is 11.6 Å². The first kappa shape index (κ1) is 20.0. The molecule has 0 saturated carbocycles. The molecule has 3 aromatic rings. The summed E-state index contributed by atoms with van der Waals surface area (Å²) in [5, 5.41) is 13.4. The Bertz CT molecular complexity index is 1070. The lowest BCUT2D eigenvalue weighted by atomic mass is 10.1. The number of nitrogens with zero attached hydrogens (tertiary/aromatic N) is 8. The molecule has 5 heterocycles. The van der Waals surface area contributed by atoms with E-state index in [-0.39, 0.29) is 5.56 Å². The van der Waals surface area contributed by atoms with Crippen LogP contribution in [0.5, 0.6) is 0 Å². The van der Waals surface area contributed by atoms with Crippen LogP contribution in [-0.4, -0.2) is 72.1 Å². The van der Waals surface area contributed by atoms with Crippen LogP contribution in [0.15, 0.2) is 41.5 Å². The molecule has 2 aliphatic heterocycles. The molecule has 31 heavy (non-hydrogen) atoms. The SMILES string of the molecule is O=c1ccc(-c2ccncc2)nn1CCN1CCN(Cc2nnc3n2CCCC3)CC1. The predicted molar refractivity (Wildman–Crippen MR) is 116 cm³/mol. The van der Waals surface area contributed by atoms with Gasteiger partial charge in [0.2, 0.25) is 0 Å². The first-order valence-electron chi connectivity index (χ1n) is 11.1. The summed E-state index contributed by atoms with van der Waals surface area (Å²) in [6.07, 6.45) is 6.97. The zero-order valence-corrected chi connectivity index (χ0v) is 17.7. The first-order valence-corrected chi connectivity index (χ1v) is 11.1. The highest BCUT2D eigenvalue weighted by Crippen LogP contribution is 2.16. The van der Waals surface area contributed by atoms with E-state index in [1.165, 1.54) is 12.8 Å². The third-order valence-corrected chi connectivity index (χ3v) is 6.24. The van der Waals surface area contributed by atoms with Crippen molar-refractivity contribution in [1.29, 1.82) is 0 Å². The van der Waals surface area contributed by atoms with Gasteiger partial charge in [-0.1, -0.05) is 0 Å². The molecule has 0 N–H and O–H groups in total. The Labute approximate surface area is 181 Å². The maximum atomic E-state index is 12.3. The Balaban J connectivity index is 1.15. The Morgan fingerprint density at radius 3 is 2.48 bits per heavy atom. The van der Waals surface area contributed by atoms with Crippen molar-refractivity contribution in [3.8, 4) is 11.3 Å². The fourth-order valence-corrected chi connectivity index (χ4v) is 4.38. The van der Waals surface area contributed by atoms with Crippen LogP contribution in [-0.2, 0) is 26.1 Å². The molecule has 0 spiro atoms. The van der Waals surface area contributed by atoms with E-state index in [0.717, 1.165) is 75.1 Å². The van der Waals surface area contributed by atoms with Crippen molar-refractivity contribution in [2.24, 2.45) is 0 Å². The molecule has 1 saturated heterocycles. The summed E-state index contributed by atoms with van der Waals surface area (Å²) in [5.74, 6) is 2.25. The second-order valence-corrected chi connectivity index (χ2v) is 8.27. The Morgan fingerprint density at radius 1 is 0.839 bits per heavy atom. The van der Waals surface area contributed by atoms with Crippen LogP contribution in [0.1, 0.15) is 24.5 Å². The van der Waals surface area contributed by atoms with Gasteiger partial charge in [0, 0.05) is 69.7 Å². The molecule has 162 valence electrons. The minimum absolute atomic E-state index is 0.0620. The van der Waals surface area contributed by atoms with E-state index in [9.17, 15) is 4.79 Å². The predicted octanol–water partition coefficient (Wildman–Crippen LogP) is 1.05. The second-order valence-electron chi connectivity index (χ2n) is 8.27. The van der Waals surface area contributed by atoms with E-state index in [1.54, 1.807) is 29.2 Å². The van der Waals surface area contributed by atoms with Crippen LogP contribution >= 0.6 is 0 Å². The lowest BCUT2D eigenvalue weighted by Gasteiger charge is -2.34. The van der Waals surface area contributed by atoms with Crippen molar-refractivity contribution in [3.05, 3.63) is 58.7 Å². The van der Waals surface area contributed by atoms with Crippen molar-refractivity contribution < 1.29 is 0 Å². The van der Waals surface area contributed by atoms with Gasteiger partial charge in [-0.3, -0.25) is 19.6 Å². The number of aromatic nitrogens is 6. The molecule has 5 rings (SSSR count). The summed E-state index contributed by atoms with van der Waals surface area (Å²) in [6.45, 7) is 7.31. The van der Waals surface area contributed by atoms with Gasteiger partial charge in [-0.25, -0.2) is 4.68 Å². The van der Waals surface area contributed by atoms with E-state index in [2.05, 4.69) is 34.6 Å². The van der Waals surface area contributed by atoms with Gasteiger partial charge in [-0.15, -0.1) is 10.2 Å². The molecular formula is C22H28N8O. The van der Waals surface area contributed by atoms with E-state index in [1.807, 2.05) is 12.1 Å².